The summed E-state index contributed by atoms with van der Waals surface area (Å²) in [5.74, 6) is 0. The predicted octanol–water partition coefficient (Wildman–Crippen LogP) is 9.23. The van der Waals surface area contributed by atoms with E-state index in [1.54, 1.807) is 0 Å². The van der Waals surface area contributed by atoms with Crippen LogP contribution in [0, 0.1) is 0 Å². The van der Waals surface area contributed by atoms with Gasteiger partial charge in [-0.1, -0.05) is 136 Å². The lowest BCUT2D eigenvalue weighted by atomic mass is 10.0. The lowest BCUT2D eigenvalue weighted by Crippen LogP contribution is -1.96. The standard InChI is InChI=1S/C25H52O/c1-3-5-7-8-9-10-11-12-13-14-15-16-17-18-19-20-21-23-25-26-24-22-6-4-2/h3-25H2,1-2H3. The Bertz CT molecular complexity index is 202. The average molecular weight is 369 g/mol. The van der Waals surface area contributed by atoms with Crippen molar-refractivity contribution in [3.05, 3.63) is 0 Å². The van der Waals surface area contributed by atoms with Gasteiger partial charge in [-0.15, -0.1) is 0 Å². The first kappa shape index (κ1) is 26.0. The van der Waals surface area contributed by atoms with E-state index in [0.717, 1.165) is 13.2 Å². The topological polar surface area (TPSA) is 9.23 Å². The maximum atomic E-state index is 5.66. The Morgan fingerprint density at radius 3 is 0.885 bits per heavy atom. The van der Waals surface area contributed by atoms with Gasteiger partial charge in [-0.3, -0.25) is 0 Å². The highest BCUT2D eigenvalue weighted by atomic mass is 16.5. The molecule has 0 amide bonds. The van der Waals surface area contributed by atoms with Crippen LogP contribution in [0.2, 0.25) is 0 Å². The van der Waals surface area contributed by atoms with Crippen LogP contribution in [-0.4, -0.2) is 13.2 Å². The molecule has 0 rings (SSSR count). The van der Waals surface area contributed by atoms with Crippen molar-refractivity contribution in [1.29, 1.82) is 0 Å². The van der Waals surface area contributed by atoms with Crippen LogP contribution in [-0.2, 0) is 4.74 Å². The first-order valence-corrected chi connectivity index (χ1v) is 12.5. The van der Waals surface area contributed by atoms with E-state index in [9.17, 15) is 0 Å². The lowest BCUT2D eigenvalue weighted by molar-refractivity contribution is 0.126. The molecule has 0 aliphatic rings. The minimum Gasteiger partial charge on any atom is -0.381 e. The van der Waals surface area contributed by atoms with E-state index < -0.39 is 0 Å². The molecule has 0 fully saturated rings. The molecule has 0 spiro atoms. The fourth-order valence-corrected chi connectivity index (χ4v) is 3.66. The number of unbranched alkanes of at least 4 members (excludes halogenated alkanes) is 19. The Morgan fingerprint density at radius 1 is 0.308 bits per heavy atom. The van der Waals surface area contributed by atoms with E-state index in [1.807, 2.05) is 0 Å². The molecule has 0 aromatic heterocycles. The average Bonchev–Trinajstić information content (AvgIpc) is 2.66. The van der Waals surface area contributed by atoms with Crippen LogP contribution in [0.1, 0.15) is 149 Å². The largest absolute Gasteiger partial charge is 0.381 e. The first-order chi connectivity index (χ1) is 12.9. The van der Waals surface area contributed by atoms with Crippen molar-refractivity contribution in [2.75, 3.05) is 13.2 Å². The summed E-state index contributed by atoms with van der Waals surface area (Å²) in [4.78, 5) is 0. The molecular formula is C25H52O. The Balaban J connectivity index is 2.95. The Kier molecular flexibility index (Phi) is 24.9. The molecule has 1 nitrogen and oxygen atoms in total. The van der Waals surface area contributed by atoms with Gasteiger partial charge in [0.2, 0.25) is 0 Å². The van der Waals surface area contributed by atoms with Gasteiger partial charge >= 0.3 is 0 Å². The maximum absolute atomic E-state index is 5.66. The number of hydrogen-bond acceptors (Lipinski definition) is 1. The Hall–Kier alpha value is -0.0400. The van der Waals surface area contributed by atoms with Gasteiger partial charge in [0.15, 0.2) is 0 Å². The molecule has 0 unspecified atom stereocenters. The van der Waals surface area contributed by atoms with Crippen molar-refractivity contribution in [2.45, 2.75) is 149 Å². The van der Waals surface area contributed by atoms with Crippen molar-refractivity contribution < 1.29 is 4.74 Å². The molecule has 26 heavy (non-hydrogen) atoms. The third-order valence-corrected chi connectivity index (χ3v) is 5.53. The molecule has 0 saturated carbocycles. The van der Waals surface area contributed by atoms with Crippen LogP contribution in [0.5, 0.6) is 0 Å². The van der Waals surface area contributed by atoms with Gasteiger partial charge in [0.1, 0.15) is 0 Å². The van der Waals surface area contributed by atoms with Crippen LogP contribution in [0.3, 0.4) is 0 Å². The van der Waals surface area contributed by atoms with E-state index in [1.165, 1.54) is 135 Å². The predicted molar refractivity (Wildman–Crippen MR) is 119 cm³/mol. The highest BCUT2D eigenvalue weighted by Gasteiger charge is 1.95. The molecule has 0 aromatic carbocycles. The molecule has 0 aromatic rings. The van der Waals surface area contributed by atoms with Crippen molar-refractivity contribution in [3.8, 4) is 0 Å². The van der Waals surface area contributed by atoms with Crippen molar-refractivity contribution in [1.82, 2.24) is 0 Å². The number of rotatable bonds is 23. The molecule has 0 saturated heterocycles. The smallest absolute Gasteiger partial charge is 0.0466 e. The van der Waals surface area contributed by atoms with Gasteiger partial charge < -0.3 is 4.74 Å². The van der Waals surface area contributed by atoms with Crippen LogP contribution < -0.4 is 0 Å². The number of ether oxygens (including phenoxy) is 1. The van der Waals surface area contributed by atoms with Gasteiger partial charge in [0.25, 0.3) is 0 Å². The third-order valence-electron chi connectivity index (χ3n) is 5.53. The van der Waals surface area contributed by atoms with Crippen molar-refractivity contribution in [2.24, 2.45) is 0 Å². The van der Waals surface area contributed by atoms with E-state index in [2.05, 4.69) is 13.8 Å². The summed E-state index contributed by atoms with van der Waals surface area (Å²) in [6, 6.07) is 0. The van der Waals surface area contributed by atoms with E-state index in [0.29, 0.717) is 0 Å². The quantitative estimate of drug-likeness (QED) is 0.163. The molecule has 158 valence electrons. The SMILES string of the molecule is CCCCCCCCCCCCCCCCCCCCOCCCCC. The summed E-state index contributed by atoms with van der Waals surface area (Å²) in [7, 11) is 0. The molecule has 0 bridgehead atoms. The second kappa shape index (κ2) is 25.0. The normalized spacial score (nSPS) is 11.3. The van der Waals surface area contributed by atoms with E-state index in [4.69, 9.17) is 4.74 Å². The summed E-state index contributed by atoms with van der Waals surface area (Å²) in [6.45, 7) is 6.51. The molecule has 0 aliphatic heterocycles. The van der Waals surface area contributed by atoms with E-state index >= 15 is 0 Å². The van der Waals surface area contributed by atoms with Crippen LogP contribution >= 0.6 is 0 Å². The number of hydrogen-bond donors (Lipinski definition) is 0. The molecule has 0 heterocycles. The summed E-state index contributed by atoms with van der Waals surface area (Å²) < 4.78 is 5.66. The zero-order valence-electron chi connectivity index (χ0n) is 18.7. The summed E-state index contributed by atoms with van der Waals surface area (Å²) in [6.07, 6.45) is 29.8. The van der Waals surface area contributed by atoms with Crippen molar-refractivity contribution in [3.63, 3.8) is 0 Å². The Morgan fingerprint density at radius 2 is 0.538 bits per heavy atom. The van der Waals surface area contributed by atoms with E-state index in [-0.39, 0.29) is 0 Å². The van der Waals surface area contributed by atoms with Crippen LogP contribution in [0.15, 0.2) is 0 Å². The molecule has 0 atom stereocenters. The van der Waals surface area contributed by atoms with Gasteiger partial charge in [0, 0.05) is 13.2 Å². The second-order valence-corrected chi connectivity index (χ2v) is 8.33. The lowest BCUT2D eigenvalue weighted by Gasteiger charge is -2.05. The minimum atomic E-state index is 0.979. The molecule has 0 radical (unpaired) electrons. The second-order valence-electron chi connectivity index (χ2n) is 8.33. The fraction of sp³-hybridized carbons (Fsp3) is 1.00. The highest BCUT2D eigenvalue weighted by Crippen LogP contribution is 2.14. The molecule has 1 heteroatoms. The summed E-state index contributed by atoms with van der Waals surface area (Å²) >= 11 is 0. The Labute approximate surface area is 167 Å². The third kappa shape index (κ3) is 24.0. The molecular weight excluding hydrogens is 316 g/mol. The van der Waals surface area contributed by atoms with Gasteiger partial charge in [0.05, 0.1) is 0 Å². The van der Waals surface area contributed by atoms with Crippen LogP contribution in [0.25, 0.3) is 0 Å². The zero-order chi connectivity index (χ0) is 19.0. The van der Waals surface area contributed by atoms with Gasteiger partial charge in [-0.25, -0.2) is 0 Å². The van der Waals surface area contributed by atoms with Crippen LogP contribution in [0.4, 0.5) is 0 Å². The first-order valence-electron chi connectivity index (χ1n) is 12.5. The monoisotopic (exact) mass is 368 g/mol. The molecule has 0 N–H and O–H groups in total. The summed E-state index contributed by atoms with van der Waals surface area (Å²) in [5.41, 5.74) is 0. The maximum Gasteiger partial charge on any atom is 0.0466 e. The molecule has 0 aliphatic carbocycles. The highest BCUT2D eigenvalue weighted by molar-refractivity contribution is 4.50. The summed E-state index contributed by atoms with van der Waals surface area (Å²) in [5, 5.41) is 0. The van der Waals surface area contributed by atoms with Gasteiger partial charge in [-0.05, 0) is 12.8 Å². The fourth-order valence-electron chi connectivity index (χ4n) is 3.66. The van der Waals surface area contributed by atoms with Gasteiger partial charge in [-0.2, -0.15) is 0 Å². The zero-order valence-corrected chi connectivity index (χ0v) is 18.7. The minimum absolute atomic E-state index is 0.979. The van der Waals surface area contributed by atoms with Crippen molar-refractivity contribution >= 4 is 0 Å².